The van der Waals surface area contributed by atoms with Crippen LogP contribution in [0, 0.1) is 0 Å². The molecule has 5 heteroatoms. The zero-order valence-electron chi connectivity index (χ0n) is 8.70. The molecule has 0 aromatic heterocycles. The highest BCUT2D eigenvalue weighted by Crippen LogP contribution is 2.08. The number of nitrogens with one attached hydrogen (secondary N) is 1. The fourth-order valence-electron chi connectivity index (χ4n) is 0. The fourth-order valence-corrected chi connectivity index (χ4v) is 0. The second-order valence-electron chi connectivity index (χ2n) is 2.10. The van der Waals surface area contributed by atoms with Gasteiger partial charge in [-0.3, -0.25) is 4.79 Å². The molecule has 0 amide bonds. The van der Waals surface area contributed by atoms with E-state index in [0.29, 0.717) is 6.04 Å². The summed E-state index contributed by atoms with van der Waals surface area (Å²) in [5.74, 6) is 0. The van der Waals surface area contributed by atoms with Crippen LogP contribution in [0.3, 0.4) is 0 Å². The van der Waals surface area contributed by atoms with Crippen molar-refractivity contribution in [2.45, 2.75) is 39.9 Å². The van der Waals surface area contributed by atoms with Crippen LogP contribution < -0.4 is 5.32 Å². The maximum absolute atomic E-state index is 10.4. The van der Waals surface area contributed by atoms with E-state index in [2.05, 4.69) is 19.2 Å². The number of hydrogen-bond acceptors (Lipinski definition) is 2. The Kier molecular flexibility index (Phi) is 16.0. The van der Waals surface area contributed by atoms with Crippen LogP contribution in [0.4, 0.5) is 13.2 Å². The molecule has 0 aliphatic carbocycles. The monoisotopic (exact) mass is 201 g/mol. The van der Waals surface area contributed by atoms with Crippen LogP contribution in [0.2, 0.25) is 0 Å². The Balaban J connectivity index is -0.000000131. The van der Waals surface area contributed by atoms with E-state index in [-0.39, 0.29) is 0 Å². The van der Waals surface area contributed by atoms with Crippen molar-refractivity contribution < 1.29 is 18.0 Å². The quantitative estimate of drug-likeness (QED) is 0.660. The van der Waals surface area contributed by atoms with Crippen LogP contribution in [0.25, 0.3) is 0 Å². The molecule has 0 aliphatic rings. The van der Waals surface area contributed by atoms with E-state index < -0.39 is 12.5 Å². The minimum atomic E-state index is -4.64. The van der Waals surface area contributed by atoms with Crippen LogP contribution in [-0.4, -0.2) is 25.6 Å². The van der Waals surface area contributed by atoms with Crippen LogP contribution in [0.15, 0.2) is 0 Å². The topological polar surface area (TPSA) is 29.1 Å². The average molecular weight is 201 g/mol. The Labute approximate surface area is 77.5 Å². The zero-order chi connectivity index (χ0) is 11.5. The van der Waals surface area contributed by atoms with Crippen LogP contribution in [0.1, 0.15) is 27.7 Å². The first-order chi connectivity index (χ1) is 5.83. The molecule has 0 heterocycles. The van der Waals surface area contributed by atoms with Crippen LogP contribution in [0.5, 0.6) is 0 Å². The van der Waals surface area contributed by atoms with Crippen molar-refractivity contribution in [3.05, 3.63) is 0 Å². The predicted octanol–water partition coefficient (Wildman–Crippen LogP) is 2.39. The third-order valence-electron chi connectivity index (χ3n) is 0.711. The molecule has 0 saturated carbocycles. The Morgan fingerprint density at radius 2 is 1.38 bits per heavy atom. The highest BCUT2D eigenvalue weighted by Gasteiger charge is 2.24. The summed E-state index contributed by atoms with van der Waals surface area (Å²) in [6, 6.07) is 0.634. The molecule has 13 heavy (non-hydrogen) atoms. The molecular weight excluding hydrogens is 183 g/mol. The standard InChI is InChI=1S/C4H11N.C2HF3O.C2H6/c1-4(2)5-3;3-2(4,5)1-6;1-2/h4-5H,1-3H3;1H;1-2H3. The van der Waals surface area contributed by atoms with Gasteiger partial charge in [0, 0.05) is 6.04 Å². The van der Waals surface area contributed by atoms with Gasteiger partial charge in [0.1, 0.15) is 0 Å². The van der Waals surface area contributed by atoms with Crippen LogP contribution in [-0.2, 0) is 4.79 Å². The van der Waals surface area contributed by atoms with Gasteiger partial charge >= 0.3 is 6.18 Å². The first kappa shape index (κ1) is 18.3. The number of aldehydes is 1. The Morgan fingerprint density at radius 3 is 1.38 bits per heavy atom. The molecule has 0 saturated heterocycles. The van der Waals surface area contributed by atoms with Crippen molar-refractivity contribution in [2.75, 3.05) is 7.05 Å². The Bertz CT molecular complexity index is 102. The number of carbonyl (C=O) groups excluding carboxylic acids is 1. The molecule has 0 radical (unpaired) electrons. The maximum atomic E-state index is 10.4. The number of halogens is 3. The lowest BCUT2D eigenvalue weighted by molar-refractivity contribution is -0.156. The van der Waals surface area contributed by atoms with Crippen molar-refractivity contribution in [1.82, 2.24) is 5.32 Å². The summed E-state index contributed by atoms with van der Waals surface area (Å²) in [5.41, 5.74) is 0. The molecule has 2 nitrogen and oxygen atoms in total. The zero-order valence-corrected chi connectivity index (χ0v) is 8.70. The lowest BCUT2D eigenvalue weighted by Crippen LogP contribution is -2.15. The summed E-state index contributed by atoms with van der Waals surface area (Å²) in [5, 5.41) is 3.03. The van der Waals surface area contributed by atoms with Gasteiger partial charge in [-0.2, -0.15) is 13.2 Å². The van der Waals surface area contributed by atoms with Gasteiger partial charge < -0.3 is 5.32 Å². The molecule has 82 valence electrons. The predicted molar refractivity (Wildman–Crippen MR) is 47.7 cm³/mol. The molecular formula is C8H18F3NO. The van der Waals surface area contributed by atoms with Gasteiger partial charge in [-0.05, 0) is 7.05 Å². The molecule has 0 fully saturated rings. The molecule has 0 atom stereocenters. The van der Waals surface area contributed by atoms with E-state index in [0.717, 1.165) is 0 Å². The first-order valence-electron chi connectivity index (χ1n) is 4.03. The van der Waals surface area contributed by atoms with Gasteiger partial charge in [0.05, 0.1) is 0 Å². The van der Waals surface area contributed by atoms with E-state index >= 15 is 0 Å². The molecule has 0 bridgehead atoms. The van der Waals surface area contributed by atoms with Gasteiger partial charge in [0.2, 0.25) is 6.29 Å². The summed E-state index contributed by atoms with van der Waals surface area (Å²) in [4.78, 5) is 8.70. The van der Waals surface area contributed by atoms with Crippen LogP contribution >= 0.6 is 0 Å². The Morgan fingerprint density at radius 1 is 1.23 bits per heavy atom. The van der Waals surface area contributed by atoms with Crippen molar-refractivity contribution >= 4 is 6.29 Å². The molecule has 0 spiro atoms. The summed E-state index contributed by atoms with van der Waals surface area (Å²) < 4.78 is 31.2. The number of alkyl halides is 3. The molecule has 0 aromatic carbocycles. The number of hydrogen-bond donors (Lipinski definition) is 1. The van der Waals surface area contributed by atoms with Gasteiger partial charge in [0.15, 0.2) is 0 Å². The lowest BCUT2D eigenvalue weighted by atomic mass is 10.4. The van der Waals surface area contributed by atoms with E-state index in [1.165, 1.54) is 0 Å². The van der Waals surface area contributed by atoms with Gasteiger partial charge in [0.25, 0.3) is 0 Å². The first-order valence-corrected chi connectivity index (χ1v) is 4.03. The molecule has 0 aliphatic heterocycles. The molecule has 0 aromatic rings. The molecule has 1 N–H and O–H groups in total. The van der Waals surface area contributed by atoms with Gasteiger partial charge in [-0.1, -0.05) is 27.7 Å². The smallest absolute Gasteiger partial charge is 0.318 e. The van der Waals surface area contributed by atoms with Crippen molar-refractivity contribution in [2.24, 2.45) is 0 Å². The minimum Gasteiger partial charge on any atom is -0.318 e. The van der Waals surface area contributed by atoms with E-state index in [1.807, 2.05) is 20.9 Å². The molecule has 0 unspecified atom stereocenters. The number of rotatable bonds is 1. The molecule has 0 rings (SSSR count). The lowest BCUT2D eigenvalue weighted by Gasteiger charge is -1.95. The van der Waals surface area contributed by atoms with Gasteiger partial charge in [-0.25, -0.2) is 0 Å². The second-order valence-corrected chi connectivity index (χ2v) is 2.10. The second kappa shape index (κ2) is 11.4. The SMILES string of the molecule is CC.CNC(C)C.O=CC(F)(F)F. The van der Waals surface area contributed by atoms with Crippen molar-refractivity contribution in [3.8, 4) is 0 Å². The van der Waals surface area contributed by atoms with E-state index in [1.54, 1.807) is 0 Å². The van der Waals surface area contributed by atoms with Gasteiger partial charge in [-0.15, -0.1) is 0 Å². The minimum absolute atomic E-state index is 0.634. The van der Waals surface area contributed by atoms with E-state index in [4.69, 9.17) is 4.79 Å². The number of carbonyl (C=O) groups is 1. The largest absolute Gasteiger partial charge is 0.446 e. The summed E-state index contributed by atoms with van der Waals surface area (Å²) >= 11 is 0. The highest BCUT2D eigenvalue weighted by molar-refractivity contribution is 5.56. The maximum Gasteiger partial charge on any atom is 0.446 e. The Hall–Kier alpha value is -0.580. The average Bonchev–Trinajstić information content (AvgIpc) is 2.08. The summed E-state index contributed by atoms with van der Waals surface area (Å²) in [7, 11) is 1.95. The third kappa shape index (κ3) is 51.9. The van der Waals surface area contributed by atoms with Crippen molar-refractivity contribution in [3.63, 3.8) is 0 Å². The third-order valence-corrected chi connectivity index (χ3v) is 0.711. The normalized spacial score (nSPS) is 9.31. The summed E-state index contributed by atoms with van der Waals surface area (Å²) in [6.45, 7) is 8.22. The van der Waals surface area contributed by atoms with E-state index in [9.17, 15) is 13.2 Å². The fraction of sp³-hybridized carbons (Fsp3) is 0.875. The van der Waals surface area contributed by atoms with Crippen molar-refractivity contribution in [1.29, 1.82) is 0 Å². The highest BCUT2D eigenvalue weighted by atomic mass is 19.4. The summed E-state index contributed by atoms with van der Waals surface area (Å²) in [6.07, 6.45) is -5.70.